The molecule has 0 fully saturated rings. The number of H-pyrrole nitrogens is 1. The summed E-state index contributed by atoms with van der Waals surface area (Å²) >= 11 is 0. The lowest BCUT2D eigenvalue weighted by Crippen LogP contribution is -2.13. The summed E-state index contributed by atoms with van der Waals surface area (Å²) in [7, 11) is 1.36. The van der Waals surface area contributed by atoms with Crippen LogP contribution in [0.5, 0.6) is 0 Å². The van der Waals surface area contributed by atoms with Gasteiger partial charge in [0, 0.05) is 17.2 Å². The molecule has 0 saturated heterocycles. The number of methoxy groups -OCH3 is 1. The highest BCUT2D eigenvalue weighted by Crippen LogP contribution is 2.22. The van der Waals surface area contributed by atoms with E-state index in [0.29, 0.717) is 5.69 Å². The Morgan fingerprint density at radius 1 is 1.50 bits per heavy atom. The van der Waals surface area contributed by atoms with Crippen molar-refractivity contribution in [2.24, 2.45) is 0 Å². The topological polar surface area (TPSA) is 59.4 Å². The number of imidazole rings is 1. The van der Waals surface area contributed by atoms with Gasteiger partial charge in [-0.1, -0.05) is 20.8 Å². The SMILES string of the molecule is COC(=O)c1[13cH]nc2cc(C(C)(C)C)[nH]n12. The fourth-order valence-electron chi connectivity index (χ4n) is 1.50. The maximum Gasteiger partial charge on any atom is 0.358 e. The molecule has 5 heteroatoms. The zero-order chi connectivity index (χ0) is 11.9. The minimum atomic E-state index is -0.394. The Bertz CT molecular complexity index is 531. The molecule has 0 radical (unpaired) electrons. The quantitative estimate of drug-likeness (QED) is 0.748. The van der Waals surface area contributed by atoms with Crippen LogP contribution in [-0.2, 0) is 10.2 Å². The molecule has 1 N–H and O–H groups in total. The van der Waals surface area contributed by atoms with E-state index >= 15 is 0 Å². The van der Waals surface area contributed by atoms with Gasteiger partial charge >= 0.3 is 5.97 Å². The van der Waals surface area contributed by atoms with Crippen LogP contribution in [0.2, 0.25) is 0 Å². The van der Waals surface area contributed by atoms with Gasteiger partial charge in [0.25, 0.3) is 0 Å². The summed E-state index contributed by atoms with van der Waals surface area (Å²) in [5.74, 6) is -0.394. The number of nitrogens with zero attached hydrogens (tertiary/aromatic N) is 2. The molecule has 5 nitrogen and oxygen atoms in total. The number of esters is 1. The van der Waals surface area contributed by atoms with Crippen molar-refractivity contribution < 1.29 is 9.53 Å². The Morgan fingerprint density at radius 3 is 2.75 bits per heavy atom. The first kappa shape index (κ1) is 10.7. The molecule has 2 aromatic rings. The highest BCUT2D eigenvalue weighted by Gasteiger charge is 2.20. The molecule has 0 saturated carbocycles. The first-order valence-electron chi connectivity index (χ1n) is 5.09. The van der Waals surface area contributed by atoms with Crippen molar-refractivity contribution in [2.75, 3.05) is 7.11 Å². The number of nitrogens with one attached hydrogen (secondary N) is 1. The maximum atomic E-state index is 11.4. The van der Waals surface area contributed by atoms with Crippen molar-refractivity contribution in [3.63, 3.8) is 0 Å². The molecule has 0 bridgehead atoms. The van der Waals surface area contributed by atoms with Gasteiger partial charge in [-0.3, -0.25) is 5.10 Å². The van der Waals surface area contributed by atoms with E-state index in [2.05, 4.69) is 35.6 Å². The molecule has 0 aromatic carbocycles. The van der Waals surface area contributed by atoms with E-state index in [4.69, 9.17) is 0 Å². The zero-order valence-corrected chi connectivity index (χ0v) is 9.87. The molecule has 0 atom stereocenters. The first-order chi connectivity index (χ1) is 7.43. The smallest absolute Gasteiger partial charge is 0.358 e. The summed E-state index contributed by atoms with van der Waals surface area (Å²) < 4.78 is 6.32. The monoisotopic (exact) mass is 222 g/mol. The van der Waals surface area contributed by atoms with Crippen LogP contribution >= 0.6 is 0 Å². The van der Waals surface area contributed by atoms with Crippen LogP contribution in [0.4, 0.5) is 0 Å². The van der Waals surface area contributed by atoms with E-state index in [-0.39, 0.29) is 5.41 Å². The van der Waals surface area contributed by atoms with E-state index in [1.165, 1.54) is 13.3 Å². The lowest BCUT2D eigenvalue weighted by molar-refractivity contribution is 0.0591. The predicted octanol–water partition coefficient (Wildman–Crippen LogP) is 1.75. The van der Waals surface area contributed by atoms with E-state index < -0.39 is 5.97 Å². The Morgan fingerprint density at radius 2 is 2.19 bits per heavy atom. The minimum absolute atomic E-state index is 0.00586. The van der Waals surface area contributed by atoms with Crippen molar-refractivity contribution in [1.29, 1.82) is 0 Å². The van der Waals surface area contributed by atoms with E-state index in [9.17, 15) is 4.79 Å². The van der Waals surface area contributed by atoms with Gasteiger partial charge < -0.3 is 4.74 Å². The average molecular weight is 222 g/mol. The van der Waals surface area contributed by atoms with Gasteiger partial charge in [-0.15, -0.1) is 0 Å². The second-order valence-corrected chi connectivity index (χ2v) is 4.75. The summed E-state index contributed by atoms with van der Waals surface area (Å²) in [5, 5.41) is 3.15. The molecule has 2 aromatic heterocycles. The zero-order valence-electron chi connectivity index (χ0n) is 9.87. The summed E-state index contributed by atoms with van der Waals surface area (Å²) in [6, 6.07) is 1.94. The van der Waals surface area contributed by atoms with Crippen molar-refractivity contribution >= 4 is 11.6 Å². The average Bonchev–Trinajstić information content (AvgIpc) is 2.73. The van der Waals surface area contributed by atoms with Crippen molar-refractivity contribution in [3.8, 4) is 0 Å². The number of fused-ring (bicyclic) bond motifs is 1. The van der Waals surface area contributed by atoms with Gasteiger partial charge in [0.2, 0.25) is 0 Å². The van der Waals surface area contributed by atoms with Gasteiger partial charge in [0.1, 0.15) is 0 Å². The number of carbonyl (C=O) groups is 1. The number of carbonyl (C=O) groups excluding carboxylic acids is 1. The lowest BCUT2D eigenvalue weighted by atomic mass is 9.93. The van der Waals surface area contributed by atoms with Gasteiger partial charge in [0.05, 0.1) is 13.3 Å². The third-order valence-corrected chi connectivity index (χ3v) is 2.50. The van der Waals surface area contributed by atoms with Crippen LogP contribution in [0.15, 0.2) is 12.3 Å². The molecule has 2 heterocycles. The highest BCUT2D eigenvalue weighted by atomic mass is 16.5. The number of aromatic nitrogens is 3. The molecular formula is C11H15N3O2. The molecule has 0 unspecified atom stereocenters. The first-order valence-corrected chi connectivity index (χ1v) is 5.09. The fourth-order valence-corrected chi connectivity index (χ4v) is 1.50. The Hall–Kier alpha value is -1.78. The van der Waals surface area contributed by atoms with Crippen LogP contribution in [0, 0.1) is 0 Å². The normalized spacial score (nSPS) is 12.0. The third-order valence-electron chi connectivity index (χ3n) is 2.50. The molecule has 0 aliphatic carbocycles. The molecule has 2 rings (SSSR count). The number of hydrogen-bond acceptors (Lipinski definition) is 3. The summed E-state index contributed by atoms with van der Waals surface area (Å²) in [6.07, 6.45) is 1.50. The van der Waals surface area contributed by atoms with Gasteiger partial charge in [-0.25, -0.2) is 14.3 Å². The van der Waals surface area contributed by atoms with Gasteiger partial charge in [-0.2, -0.15) is 0 Å². The molecular weight excluding hydrogens is 207 g/mol. The summed E-state index contributed by atoms with van der Waals surface area (Å²) in [4.78, 5) is 15.6. The van der Waals surface area contributed by atoms with Gasteiger partial charge in [0.15, 0.2) is 11.3 Å². The standard InChI is InChI=1S/C11H15N3O2/c1-11(2,3)8-5-9-12-6-7(10(15)16-4)14(9)13-8/h5-6,13H,1-4H3/i6+1. The number of aromatic amines is 1. The van der Waals surface area contributed by atoms with Crippen LogP contribution in [-0.4, -0.2) is 27.7 Å². The largest absolute Gasteiger partial charge is 0.464 e. The maximum absolute atomic E-state index is 11.4. The molecule has 86 valence electrons. The predicted molar refractivity (Wildman–Crippen MR) is 59.6 cm³/mol. The van der Waals surface area contributed by atoms with Crippen LogP contribution < -0.4 is 0 Å². The molecule has 16 heavy (non-hydrogen) atoms. The molecule has 0 amide bonds. The lowest BCUT2D eigenvalue weighted by Gasteiger charge is -2.15. The van der Waals surface area contributed by atoms with E-state index in [1.54, 1.807) is 4.52 Å². The molecule has 0 spiro atoms. The second kappa shape index (κ2) is 3.37. The number of rotatable bonds is 1. The van der Waals surface area contributed by atoms with Crippen molar-refractivity contribution in [2.45, 2.75) is 26.2 Å². The van der Waals surface area contributed by atoms with Crippen LogP contribution in [0.25, 0.3) is 5.65 Å². The Kier molecular flexibility index (Phi) is 2.26. The molecule has 0 aliphatic heterocycles. The van der Waals surface area contributed by atoms with E-state index in [0.717, 1.165) is 11.3 Å². The highest BCUT2D eigenvalue weighted by molar-refractivity contribution is 5.88. The Balaban J connectivity index is 2.56. The van der Waals surface area contributed by atoms with Crippen LogP contribution in [0.3, 0.4) is 0 Å². The Labute approximate surface area is 93.4 Å². The summed E-state index contributed by atoms with van der Waals surface area (Å²) in [5.41, 5.74) is 2.16. The number of ether oxygens (including phenoxy) is 1. The molecule has 0 aliphatic rings. The minimum Gasteiger partial charge on any atom is -0.464 e. The van der Waals surface area contributed by atoms with Crippen molar-refractivity contribution in [1.82, 2.24) is 14.6 Å². The second-order valence-electron chi connectivity index (χ2n) is 4.75. The van der Waals surface area contributed by atoms with Gasteiger partial charge in [-0.05, 0) is 0 Å². The van der Waals surface area contributed by atoms with Crippen LogP contribution in [0.1, 0.15) is 37.0 Å². The fraction of sp³-hybridized carbons (Fsp3) is 0.455. The van der Waals surface area contributed by atoms with E-state index in [1.807, 2.05) is 6.07 Å². The van der Waals surface area contributed by atoms with Crippen molar-refractivity contribution in [3.05, 3.63) is 23.7 Å². The number of hydrogen-bond donors (Lipinski definition) is 1. The third kappa shape index (κ3) is 1.58. The summed E-state index contributed by atoms with van der Waals surface area (Å²) in [6.45, 7) is 6.28.